The summed E-state index contributed by atoms with van der Waals surface area (Å²) in [5.74, 6) is -0.105. The van der Waals surface area contributed by atoms with Crippen LogP contribution in [0.2, 0.25) is 0 Å². The fraction of sp³-hybridized carbons (Fsp3) is 0.318. The molecule has 0 fully saturated rings. The third kappa shape index (κ3) is 3.50. The average Bonchev–Trinajstić information content (AvgIpc) is 2.70. The standard InChI is InChI=1S/C22H24N4O2/c1-25-11-5-6-16-12-15(9-10-20(16)25)14-23-21(27)13-19-17-7-3-4-8-18(17)22(28)26(2)24-19/h3-4,7-10,12H,5-6,11,13-14H2,1-2H3,(H,23,27). The zero-order valence-electron chi connectivity index (χ0n) is 16.2. The highest BCUT2D eigenvalue weighted by Crippen LogP contribution is 2.26. The number of carbonyl (C=O) groups is 1. The molecule has 0 unspecified atom stereocenters. The number of nitrogens with one attached hydrogen (secondary N) is 1. The predicted molar refractivity (Wildman–Crippen MR) is 111 cm³/mol. The Hall–Kier alpha value is -3.15. The van der Waals surface area contributed by atoms with E-state index in [-0.39, 0.29) is 17.9 Å². The highest BCUT2D eigenvalue weighted by Gasteiger charge is 2.15. The topological polar surface area (TPSA) is 67.2 Å². The number of nitrogens with zero attached hydrogens (tertiary/aromatic N) is 3. The molecule has 1 amide bonds. The van der Waals surface area contributed by atoms with Gasteiger partial charge in [0.25, 0.3) is 5.56 Å². The van der Waals surface area contributed by atoms with E-state index in [1.165, 1.54) is 15.9 Å². The Balaban J connectivity index is 1.48. The van der Waals surface area contributed by atoms with Crippen molar-refractivity contribution in [1.29, 1.82) is 0 Å². The number of aryl methyl sites for hydroxylation is 2. The smallest absolute Gasteiger partial charge is 0.274 e. The van der Waals surface area contributed by atoms with Gasteiger partial charge in [0, 0.05) is 38.3 Å². The van der Waals surface area contributed by atoms with Crippen molar-refractivity contribution in [1.82, 2.24) is 15.1 Å². The second-order valence-electron chi connectivity index (χ2n) is 7.36. The maximum Gasteiger partial charge on any atom is 0.274 e. The second kappa shape index (κ2) is 7.46. The predicted octanol–water partition coefficient (Wildman–Crippen LogP) is 2.17. The minimum atomic E-state index is -0.154. The molecule has 1 aliphatic rings. The molecule has 1 N–H and O–H groups in total. The van der Waals surface area contributed by atoms with Gasteiger partial charge < -0.3 is 10.2 Å². The number of fused-ring (bicyclic) bond motifs is 2. The van der Waals surface area contributed by atoms with E-state index in [9.17, 15) is 9.59 Å². The molecule has 3 aromatic rings. The molecule has 0 aliphatic carbocycles. The van der Waals surface area contributed by atoms with E-state index in [0.717, 1.165) is 30.3 Å². The lowest BCUT2D eigenvalue weighted by Gasteiger charge is -2.27. The van der Waals surface area contributed by atoms with Gasteiger partial charge in [-0.3, -0.25) is 9.59 Å². The number of hydrogen-bond donors (Lipinski definition) is 1. The molecule has 28 heavy (non-hydrogen) atoms. The average molecular weight is 376 g/mol. The number of amides is 1. The van der Waals surface area contributed by atoms with Crippen LogP contribution in [0.5, 0.6) is 0 Å². The number of rotatable bonds is 4. The number of anilines is 1. The van der Waals surface area contributed by atoms with Gasteiger partial charge in [0.15, 0.2) is 0 Å². The van der Waals surface area contributed by atoms with Gasteiger partial charge >= 0.3 is 0 Å². The van der Waals surface area contributed by atoms with Crippen molar-refractivity contribution in [3.63, 3.8) is 0 Å². The Morgan fingerprint density at radius 1 is 1.14 bits per heavy atom. The summed E-state index contributed by atoms with van der Waals surface area (Å²) in [7, 11) is 3.73. The van der Waals surface area contributed by atoms with Crippen molar-refractivity contribution in [3.8, 4) is 0 Å². The van der Waals surface area contributed by atoms with Crippen LogP contribution in [0.4, 0.5) is 5.69 Å². The van der Waals surface area contributed by atoms with Gasteiger partial charge in [-0.25, -0.2) is 4.68 Å². The molecule has 0 saturated carbocycles. The molecule has 4 rings (SSSR count). The molecule has 0 bridgehead atoms. The molecular formula is C22H24N4O2. The van der Waals surface area contributed by atoms with E-state index in [1.54, 1.807) is 13.1 Å². The van der Waals surface area contributed by atoms with Gasteiger partial charge in [0.05, 0.1) is 17.5 Å². The first-order chi connectivity index (χ1) is 13.5. The summed E-state index contributed by atoms with van der Waals surface area (Å²) in [4.78, 5) is 27.0. The summed E-state index contributed by atoms with van der Waals surface area (Å²) in [5.41, 5.74) is 4.18. The third-order valence-corrected chi connectivity index (χ3v) is 5.35. The maximum atomic E-state index is 12.5. The van der Waals surface area contributed by atoms with Crippen molar-refractivity contribution in [2.75, 3.05) is 18.5 Å². The van der Waals surface area contributed by atoms with Gasteiger partial charge in [-0.1, -0.05) is 30.3 Å². The maximum absolute atomic E-state index is 12.5. The number of benzene rings is 2. The van der Waals surface area contributed by atoms with Crippen LogP contribution in [0, 0.1) is 0 Å². The first-order valence-corrected chi connectivity index (χ1v) is 9.57. The fourth-order valence-corrected chi connectivity index (χ4v) is 3.87. The van der Waals surface area contributed by atoms with Crippen LogP contribution in [-0.4, -0.2) is 29.3 Å². The van der Waals surface area contributed by atoms with Gasteiger partial charge in [0.2, 0.25) is 5.91 Å². The number of aromatic nitrogens is 2. The quantitative estimate of drug-likeness (QED) is 0.758. The molecule has 0 radical (unpaired) electrons. The fourth-order valence-electron chi connectivity index (χ4n) is 3.87. The van der Waals surface area contributed by atoms with Crippen molar-refractivity contribution in [2.24, 2.45) is 7.05 Å². The molecule has 6 nitrogen and oxygen atoms in total. The molecule has 144 valence electrons. The van der Waals surface area contributed by atoms with Gasteiger partial charge in [0.1, 0.15) is 0 Å². The van der Waals surface area contributed by atoms with Crippen LogP contribution >= 0.6 is 0 Å². The highest BCUT2D eigenvalue weighted by molar-refractivity contribution is 5.88. The minimum Gasteiger partial charge on any atom is -0.374 e. The third-order valence-electron chi connectivity index (χ3n) is 5.35. The molecule has 0 saturated heterocycles. The zero-order chi connectivity index (χ0) is 19.7. The van der Waals surface area contributed by atoms with E-state index in [1.807, 2.05) is 18.2 Å². The number of carbonyl (C=O) groups excluding carboxylic acids is 1. The van der Waals surface area contributed by atoms with E-state index < -0.39 is 0 Å². The molecule has 1 aliphatic heterocycles. The molecule has 6 heteroatoms. The summed E-state index contributed by atoms with van der Waals surface area (Å²) in [6, 6.07) is 13.7. The monoisotopic (exact) mass is 376 g/mol. The summed E-state index contributed by atoms with van der Waals surface area (Å²) < 4.78 is 1.30. The number of hydrogen-bond acceptors (Lipinski definition) is 4. The van der Waals surface area contributed by atoms with E-state index >= 15 is 0 Å². The van der Waals surface area contributed by atoms with Crippen molar-refractivity contribution < 1.29 is 4.79 Å². The van der Waals surface area contributed by atoms with Gasteiger partial charge in [-0.15, -0.1) is 0 Å². The van der Waals surface area contributed by atoms with Crippen LogP contribution in [0.1, 0.15) is 23.2 Å². The van der Waals surface area contributed by atoms with Gasteiger partial charge in [-0.05, 0) is 36.1 Å². The Labute approximate surface area is 163 Å². The molecule has 2 heterocycles. The second-order valence-corrected chi connectivity index (χ2v) is 7.36. The lowest BCUT2D eigenvalue weighted by atomic mass is 9.99. The molecule has 1 aromatic heterocycles. The Bertz CT molecular complexity index is 1100. The van der Waals surface area contributed by atoms with Crippen molar-refractivity contribution >= 4 is 22.4 Å². The summed E-state index contributed by atoms with van der Waals surface area (Å²) in [6.07, 6.45) is 2.38. The highest BCUT2D eigenvalue weighted by atomic mass is 16.1. The summed E-state index contributed by atoms with van der Waals surface area (Å²) >= 11 is 0. The summed E-state index contributed by atoms with van der Waals surface area (Å²) in [5, 5.41) is 8.60. The van der Waals surface area contributed by atoms with Crippen LogP contribution < -0.4 is 15.8 Å². The van der Waals surface area contributed by atoms with E-state index in [2.05, 4.69) is 40.6 Å². The molecule has 0 spiro atoms. The Morgan fingerprint density at radius 2 is 1.93 bits per heavy atom. The first-order valence-electron chi connectivity index (χ1n) is 9.57. The molecule has 2 aromatic carbocycles. The zero-order valence-corrected chi connectivity index (χ0v) is 16.2. The normalized spacial score (nSPS) is 13.4. The molecule has 0 atom stereocenters. The van der Waals surface area contributed by atoms with Gasteiger partial charge in [-0.2, -0.15) is 5.10 Å². The lowest BCUT2D eigenvalue weighted by Crippen LogP contribution is -2.28. The van der Waals surface area contributed by atoms with Crippen LogP contribution in [0.15, 0.2) is 47.3 Å². The first kappa shape index (κ1) is 18.2. The summed E-state index contributed by atoms with van der Waals surface area (Å²) in [6.45, 7) is 1.57. The SMILES string of the molecule is CN1CCCc2cc(CNC(=O)Cc3nn(C)c(=O)c4ccccc34)ccc21. The van der Waals surface area contributed by atoms with Crippen LogP contribution in [-0.2, 0) is 31.2 Å². The molecular weight excluding hydrogens is 352 g/mol. The largest absolute Gasteiger partial charge is 0.374 e. The Morgan fingerprint density at radius 3 is 2.75 bits per heavy atom. The Kier molecular flexibility index (Phi) is 4.86. The minimum absolute atomic E-state index is 0.105. The van der Waals surface area contributed by atoms with Crippen LogP contribution in [0.3, 0.4) is 0 Å². The van der Waals surface area contributed by atoms with E-state index in [0.29, 0.717) is 17.6 Å². The van der Waals surface area contributed by atoms with Crippen molar-refractivity contribution in [2.45, 2.75) is 25.8 Å². The van der Waals surface area contributed by atoms with Crippen molar-refractivity contribution in [3.05, 3.63) is 69.6 Å². The van der Waals surface area contributed by atoms with E-state index in [4.69, 9.17) is 0 Å². The lowest BCUT2D eigenvalue weighted by molar-refractivity contribution is -0.120. The van der Waals surface area contributed by atoms with Crippen LogP contribution in [0.25, 0.3) is 10.8 Å².